The van der Waals surface area contributed by atoms with Crippen LogP contribution in [0.5, 0.6) is 0 Å². The van der Waals surface area contributed by atoms with Crippen LogP contribution < -0.4 is 5.56 Å². The van der Waals surface area contributed by atoms with Crippen LogP contribution in [0.1, 0.15) is 24.2 Å². The van der Waals surface area contributed by atoms with Gasteiger partial charge in [0.25, 0.3) is 5.56 Å². The molecular formula is C26H22N4O3. The number of benzene rings is 2. The summed E-state index contributed by atoms with van der Waals surface area (Å²) in [5.41, 5.74) is 4.55. The van der Waals surface area contributed by atoms with Crippen molar-refractivity contribution in [1.29, 1.82) is 0 Å². The third-order valence-corrected chi connectivity index (χ3v) is 5.90. The van der Waals surface area contributed by atoms with Gasteiger partial charge >= 0.3 is 5.97 Å². The Labute approximate surface area is 189 Å². The van der Waals surface area contributed by atoms with E-state index >= 15 is 0 Å². The molecule has 0 aliphatic carbocycles. The van der Waals surface area contributed by atoms with Crippen LogP contribution in [-0.4, -0.2) is 30.2 Å². The lowest BCUT2D eigenvalue weighted by Gasteiger charge is -2.16. The summed E-state index contributed by atoms with van der Waals surface area (Å²) in [6, 6.07) is 19.9. The summed E-state index contributed by atoms with van der Waals surface area (Å²) in [6.45, 7) is 2.03. The molecule has 0 amide bonds. The fraction of sp³-hybridized carbons (Fsp3) is 0.154. The number of hydrogen-bond donors (Lipinski definition) is 1. The van der Waals surface area contributed by atoms with Gasteiger partial charge in [0.2, 0.25) is 0 Å². The topological polar surface area (TPSA) is 89.5 Å². The van der Waals surface area contributed by atoms with E-state index in [0.29, 0.717) is 23.0 Å². The zero-order valence-corrected chi connectivity index (χ0v) is 18.0. The molecule has 0 saturated heterocycles. The minimum absolute atomic E-state index is 0.206. The van der Waals surface area contributed by atoms with E-state index in [-0.39, 0.29) is 6.42 Å². The second-order valence-electron chi connectivity index (χ2n) is 7.91. The van der Waals surface area contributed by atoms with Crippen LogP contribution in [0.15, 0.2) is 83.9 Å². The van der Waals surface area contributed by atoms with Crippen LogP contribution in [0, 0.1) is 0 Å². The van der Waals surface area contributed by atoms with E-state index in [0.717, 1.165) is 22.4 Å². The Morgan fingerprint density at radius 3 is 2.39 bits per heavy atom. The van der Waals surface area contributed by atoms with Crippen LogP contribution in [-0.2, 0) is 17.6 Å². The van der Waals surface area contributed by atoms with Crippen LogP contribution in [0.4, 0.5) is 0 Å². The predicted octanol–water partition coefficient (Wildman–Crippen LogP) is 4.14. The summed E-state index contributed by atoms with van der Waals surface area (Å²) < 4.78 is 2.96. The van der Waals surface area contributed by atoms with E-state index in [1.165, 1.54) is 10.8 Å². The lowest BCUT2D eigenvalue weighted by atomic mass is 10.0. The van der Waals surface area contributed by atoms with Crippen molar-refractivity contribution in [2.45, 2.75) is 25.8 Å². The van der Waals surface area contributed by atoms with Gasteiger partial charge in [-0.05, 0) is 23.6 Å². The Morgan fingerprint density at radius 1 is 1.03 bits per heavy atom. The Bertz CT molecular complexity index is 1520. The van der Waals surface area contributed by atoms with Crippen molar-refractivity contribution in [3.8, 4) is 11.1 Å². The van der Waals surface area contributed by atoms with E-state index in [1.807, 2.05) is 67.6 Å². The molecular weight excluding hydrogens is 416 g/mol. The molecule has 7 nitrogen and oxygen atoms in total. The van der Waals surface area contributed by atoms with E-state index in [1.54, 1.807) is 16.8 Å². The monoisotopic (exact) mass is 438 g/mol. The molecule has 0 saturated carbocycles. The minimum atomic E-state index is -1.06. The highest BCUT2D eigenvalue weighted by molar-refractivity contribution is 5.86. The Hall–Kier alpha value is -4.26. The van der Waals surface area contributed by atoms with Gasteiger partial charge in [-0.25, -0.2) is 14.3 Å². The largest absolute Gasteiger partial charge is 0.480 e. The maximum absolute atomic E-state index is 13.4. The number of aliphatic carboxylic acids is 1. The second kappa shape index (κ2) is 8.35. The number of aryl methyl sites for hydroxylation is 1. The summed E-state index contributed by atoms with van der Waals surface area (Å²) in [5.74, 6) is -1.06. The molecule has 0 bridgehead atoms. The number of hydrogen-bond acceptors (Lipinski definition) is 4. The molecule has 0 aliphatic rings. The normalized spacial score (nSPS) is 12.3. The highest BCUT2D eigenvalue weighted by Gasteiger charge is 2.23. The fourth-order valence-corrected chi connectivity index (χ4v) is 4.26. The van der Waals surface area contributed by atoms with Crippen molar-refractivity contribution in [1.82, 2.24) is 19.2 Å². The average Bonchev–Trinajstić information content (AvgIpc) is 3.23. The van der Waals surface area contributed by atoms with Crippen molar-refractivity contribution < 1.29 is 9.90 Å². The Kier molecular flexibility index (Phi) is 5.22. The molecule has 164 valence electrons. The van der Waals surface area contributed by atoms with Crippen molar-refractivity contribution in [2.75, 3.05) is 0 Å². The van der Waals surface area contributed by atoms with E-state index in [4.69, 9.17) is 5.10 Å². The van der Waals surface area contributed by atoms with Gasteiger partial charge in [0.15, 0.2) is 5.65 Å². The summed E-state index contributed by atoms with van der Waals surface area (Å²) in [4.78, 5) is 30.0. The number of carboxylic acids is 1. The molecule has 1 unspecified atom stereocenters. The molecule has 0 radical (unpaired) electrons. The smallest absolute Gasteiger partial charge is 0.327 e. The summed E-state index contributed by atoms with van der Waals surface area (Å²) in [6.07, 6.45) is 3.99. The number of pyridine rings is 1. The van der Waals surface area contributed by atoms with Crippen molar-refractivity contribution in [2.24, 2.45) is 0 Å². The second-order valence-corrected chi connectivity index (χ2v) is 7.91. The number of carboxylic acid groups (broad SMARTS) is 1. The van der Waals surface area contributed by atoms with Crippen molar-refractivity contribution in [3.63, 3.8) is 0 Å². The molecule has 3 heterocycles. The van der Waals surface area contributed by atoms with Gasteiger partial charge in [-0.3, -0.25) is 4.79 Å². The zero-order valence-electron chi connectivity index (χ0n) is 18.0. The van der Waals surface area contributed by atoms with Gasteiger partial charge < -0.3 is 9.67 Å². The highest BCUT2D eigenvalue weighted by atomic mass is 16.4. The third-order valence-electron chi connectivity index (χ3n) is 5.90. The van der Waals surface area contributed by atoms with Gasteiger partial charge in [0.05, 0.1) is 16.6 Å². The summed E-state index contributed by atoms with van der Waals surface area (Å²) in [5, 5.41) is 14.9. The van der Waals surface area contributed by atoms with Crippen molar-refractivity contribution >= 4 is 22.5 Å². The van der Waals surface area contributed by atoms with Crippen LogP contribution in [0.25, 0.3) is 27.7 Å². The molecule has 1 atom stereocenters. The third kappa shape index (κ3) is 3.57. The Balaban J connectivity index is 1.68. The minimum Gasteiger partial charge on any atom is -0.480 e. The first-order valence-electron chi connectivity index (χ1n) is 10.8. The fourth-order valence-electron chi connectivity index (χ4n) is 4.26. The molecule has 5 rings (SSSR count). The predicted molar refractivity (Wildman–Crippen MR) is 126 cm³/mol. The molecule has 33 heavy (non-hydrogen) atoms. The van der Waals surface area contributed by atoms with Crippen LogP contribution in [0.2, 0.25) is 0 Å². The molecule has 2 aromatic carbocycles. The van der Waals surface area contributed by atoms with Gasteiger partial charge in [0, 0.05) is 24.4 Å². The highest BCUT2D eigenvalue weighted by Crippen LogP contribution is 2.29. The number of fused-ring (bicyclic) bond motifs is 3. The van der Waals surface area contributed by atoms with Crippen LogP contribution in [0.3, 0.4) is 0 Å². The number of carbonyl (C=O) groups is 1. The quantitative estimate of drug-likeness (QED) is 0.430. The molecule has 1 N–H and O–H groups in total. The summed E-state index contributed by atoms with van der Waals surface area (Å²) in [7, 11) is 0. The molecule has 0 aliphatic heterocycles. The maximum atomic E-state index is 13.4. The van der Waals surface area contributed by atoms with E-state index in [2.05, 4.69) is 4.98 Å². The van der Waals surface area contributed by atoms with Crippen LogP contribution >= 0.6 is 0 Å². The van der Waals surface area contributed by atoms with Gasteiger partial charge in [0.1, 0.15) is 6.04 Å². The first-order valence-corrected chi connectivity index (χ1v) is 10.8. The van der Waals surface area contributed by atoms with Gasteiger partial charge in [-0.1, -0.05) is 67.6 Å². The number of aromatic nitrogens is 4. The average molecular weight is 438 g/mol. The van der Waals surface area contributed by atoms with Gasteiger partial charge in [-0.2, -0.15) is 5.10 Å². The maximum Gasteiger partial charge on any atom is 0.327 e. The molecule has 5 aromatic rings. The lowest BCUT2D eigenvalue weighted by Crippen LogP contribution is -2.31. The van der Waals surface area contributed by atoms with Crippen molar-refractivity contribution in [3.05, 3.63) is 101 Å². The Morgan fingerprint density at radius 2 is 1.73 bits per heavy atom. The molecule has 7 heteroatoms. The molecule has 0 spiro atoms. The molecule has 0 fully saturated rings. The number of rotatable bonds is 6. The SMILES string of the molecule is CCc1nn2c(ncc3c(=O)n(C(Cc4ccccc4)C(=O)O)ccc32)c1-c1ccccc1. The first-order chi connectivity index (χ1) is 16.1. The summed E-state index contributed by atoms with van der Waals surface area (Å²) >= 11 is 0. The standard InChI is InChI=1S/C26H22N4O3/c1-2-20-23(18-11-7-4-8-12-18)24-27-16-19-21(30(24)28-20)13-14-29(25(19)31)22(26(32)33)15-17-9-5-3-6-10-17/h3-14,16,22H,2,15H2,1H3,(H,32,33). The first kappa shape index (κ1) is 20.6. The molecule has 3 aromatic heterocycles. The van der Waals surface area contributed by atoms with Gasteiger partial charge in [-0.15, -0.1) is 0 Å². The number of nitrogens with zero attached hydrogens (tertiary/aromatic N) is 4. The zero-order chi connectivity index (χ0) is 22.9. The van der Waals surface area contributed by atoms with E-state index in [9.17, 15) is 14.7 Å². The van der Waals surface area contributed by atoms with E-state index < -0.39 is 17.6 Å². The lowest BCUT2D eigenvalue weighted by molar-refractivity contribution is -0.141.